The number of halogens is 1. The molecule has 2 aromatic rings. The molecule has 160 valence electrons. The summed E-state index contributed by atoms with van der Waals surface area (Å²) in [7, 11) is 1.59. The normalized spacial score (nSPS) is 16.0. The third-order valence-corrected chi connectivity index (χ3v) is 5.70. The van der Waals surface area contributed by atoms with Crippen molar-refractivity contribution >= 4 is 11.8 Å². The number of ether oxygens (including phenoxy) is 1. The molecule has 1 saturated carbocycles. The third-order valence-electron chi connectivity index (χ3n) is 5.70. The predicted molar refractivity (Wildman–Crippen MR) is 113 cm³/mol. The summed E-state index contributed by atoms with van der Waals surface area (Å²) in [6, 6.07) is 13.1. The number of nitrogens with one attached hydrogen (secondary N) is 2. The van der Waals surface area contributed by atoms with E-state index in [1.54, 1.807) is 19.2 Å². The Morgan fingerprint density at radius 3 is 2.17 bits per heavy atom. The molecule has 1 aliphatic rings. The van der Waals surface area contributed by atoms with Gasteiger partial charge in [0.2, 0.25) is 11.8 Å². The van der Waals surface area contributed by atoms with E-state index in [2.05, 4.69) is 10.6 Å². The van der Waals surface area contributed by atoms with E-state index < -0.39 is 6.04 Å². The van der Waals surface area contributed by atoms with E-state index in [9.17, 15) is 14.0 Å². The monoisotopic (exact) mass is 412 g/mol. The Morgan fingerprint density at radius 1 is 1.00 bits per heavy atom. The van der Waals surface area contributed by atoms with E-state index >= 15 is 0 Å². The lowest BCUT2D eigenvalue weighted by Crippen LogP contribution is -2.36. The van der Waals surface area contributed by atoms with Crippen molar-refractivity contribution in [3.8, 4) is 5.75 Å². The summed E-state index contributed by atoms with van der Waals surface area (Å²) in [5, 5.41) is 6.02. The van der Waals surface area contributed by atoms with Crippen LogP contribution in [0.5, 0.6) is 5.75 Å². The summed E-state index contributed by atoms with van der Waals surface area (Å²) < 4.78 is 18.6. The van der Waals surface area contributed by atoms with Gasteiger partial charge in [0.25, 0.3) is 0 Å². The highest BCUT2D eigenvalue weighted by atomic mass is 19.1. The molecule has 0 aromatic heterocycles. The lowest BCUT2D eigenvalue weighted by Gasteiger charge is -2.27. The summed E-state index contributed by atoms with van der Waals surface area (Å²) in [5.74, 6) is 0.405. The third kappa shape index (κ3) is 5.81. The lowest BCUT2D eigenvalue weighted by atomic mass is 9.91. The van der Waals surface area contributed by atoms with Crippen LogP contribution in [-0.2, 0) is 9.59 Å². The zero-order valence-corrected chi connectivity index (χ0v) is 17.5. The molecule has 0 unspecified atom stereocenters. The van der Waals surface area contributed by atoms with Crippen molar-refractivity contribution in [2.24, 2.45) is 5.92 Å². The van der Waals surface area contributed by atoms with Crippen molar-refractivity contribution in [1.82, 2.24) is 10.6 Å². The fraction of sp³-hybridized carbons (Fsp3) is 0.417. The highest BCUT2D eigenvalue weighted by Gasteiger charge is 2.28. The maximum atomic E-state index is 13.4. The second kappa shape index (κ2) is 10.2. The van der Waals surface area contributed by atoms with E-state index in [1.165, 1.54) is 19.1 Å². The number of methoxy groups -OCH3 is 1. The number of amides is 2. The molecule has 5 nitrogen and oxygen atoms in total. The topological polar surface area (TPSA) is 67.4 Å². The maximum Gasteiger partial charge on any atom is 0.222 e. The molecule has 2 N–H and O–H groups in total. The molecular formula is C24H29FN2O3. The fourth-order valence-electron chi connectivity index (χ4n) is 4.19. The highest BCUT2D eigenvalue weighted by Crippen LogP contribution is 2.36. The Balaban J connectivity index is 1.75. The minimum atomic E-state index is -0.439. The van der Waals surface area contributed by atoms with Gasteiger partial charge in [-0.2, -0.15) is 0 Å². The number of benzene rings is 2. The average molecular weight is 413 g/mol. The molecular weight excluding hydrogens is 383 g/mol. The molecule has 0 radical (unpaired) electrons. The van der Waals surface area contributed by atoms with Crippen LogP contribution in [0.15, 0.2) is 48.5 Å². The first-order valence-electron chi connectivity index (χ1n) is 10.4. The Kier molecular flexibility index (Phi) is 7.44. The summed E-state index contributed by atoms with van der Waals surface area (Å²) in [5.41, 5.74) is 1.75. The van der Waals surface area contributed by atoms with Gasteiger partial charge in [0.1, 0.15) is 11.6 Å². The van der Waals surface area contributed by atoms with Crippen LogP contribution in [0.3, 0.4) is 0 Å². The molecule has 2 atom stereocenters. The van der Waals surface area contributed by atoms with Crippen LogP contribution in [0.1, 0.15) is 62.2 Å². The first-order valence-corrected chi connectivity index (χ1v) is 10.4. The smallest absolute Gasteiger partial charge is 0.222 e. The Labute approximate surface area is 177 Å². The summed E-state index contributed by atoms with van der Waals surface area (Å²) in [6.07, 6.45) is 4.47. The minimum absolute atomic E-state index is 0.121. The zero-order valence-electron chi connectivity index (χ0n) is 17.5. The van der Waals surface area contributed by atoms with Crippen molar-refractivity contribution in [3.63, 3.8) is 0 Å². The number of carbonyl (C=O) groups excluding carboxylic acids is 2. The van der Waals surface area contributed by atoms with Crippen LogP contribution in [0.25, 0.3) is 0 Å². The van der Waals surface area contributed by atoms with E-state index in [1.807, 2.05) is 24.3 Å². The standard InChI is InChI=1S/C24H29FN2O3/c1-16(28)26-22(17-9-13-21(30-2)14-10-17)15-23(29)27-24(18-5-3-4-6-18)19-7-11-20(25)12-8-19/h7-14,18,22,24H,3-6,15H2,1-2H3,(H,26,28)(H,27,29)/t22-,24-/m0/s1. The number of hydrogen-bond acceptors (Lipinski definition) is 3. The van der Waals surface area contributed by atoms with E-state index in [0.29, 0.717) is 11.7 Å². The van der Waals surface area contributed by atoms with Crippen molar-refractivity contribution in [3.05, 3.63) is 65.5 Å². The molecule has 30 heavy (non-hydrogen) atoms. The fourth-order valence-corrected chi connectivity index (χ4v) is 4.19. The Hall–Kier alpha value is -2.89. The van der Waals surface area contributed by atoms with Crippen LogP contribution in [-0.4, -0.2) is 18.9 Å². The quantitative estimate of drug-likeness (QED) is 0.673. The molecule has 0 saturated heterocycles. The molecule has 0 heterocycles. The number of carbonyl (C=O) groups is 2. The van der Waals surface area contributed by atoms with Gasteiger partial charge in [-0.3, -0.25) is 9.59 Å². The van der Waals surface area contributed by atoms with E-state index in [-0.39, 0.29) is 30.1 Å². The molecule has 0 spiro atoms. The van der Waals surface area contributed by atoms with Crippen LogP contribution in [0.2, 0.25) is 0 Å². The average Bonchev–Trinajstić information content (AvgIpc) is 3.27. The first-order chi connectivity index (χ1) is 14.5. The Bertz CT molecular complexity index is 846. The van der Waals surface area contributed by atoms with Crippen LogP contribution < -0.4 is 15.4 Å². The van der Waals surface area contributed by atoms with Crippen molar-refractivity contribution in [2.45, 2.75) is 51.1 Å². The summed E-state index contributed by atoms with van der Waals surface area (Å²) in [6.45, 7) is 1.44. The number of rotatable bonds is 8. The van der Waals surface area contributed by atoms with Crippen molar-refractivity contribution < 1.29 is 18.7 Å². The summed E-state index contributed by atoms with van der Waals surface area (Å²) >= 11 is 0. The van der Waals surface area contributed by atoms with Gasteiger partial charge in [0.05, 0.1) is 25.6 Å². The van der Waals surface area contributed by atoms with E-state index in [0.717, 1.165) is 36.8 Å². The van der Waals surface area contributed by atoms with Crippen molar-refractivity contribution in [2.75, 3.05) is 7.11 Å². The summed E-state index contributed by atoms with van der Waals surface area (Å²) in [4.78, 5) is 24.7. The van der Waals surface area contributed by atoms with Gasteiger partial charge in [0.15, 0.2) is 0 Å². The van der Waals surface area contributed by atoms with Gasteiger partial charge in [-0.05, 0) is 54.2 Å². The second-order valence-electron chi connectivity index (χ2n) is 7.87. The molecule has 6 heteroatoms. The number of hydrogen-bond donors (Lipinski definition) is 2. The highest BCUT2D eigenvalue weighted by molar-refractivity contribution is 5.79. The molecule has 1 fully saturated rings. The molecule has 0 aliphatic heterocycles. The second-order valence-corrected chi connectivity index (χ2v) is 7.87. The molecule has 3 rings (SSSR count). The first kappa shape index (κ1) is 21.8. The molecule has 1 aliphatic carbocycles. The minimum Gasteiger partial charge on any atom is -0.497 e. The molecule has 2 amide bonds. The maximum absolute atomic E-state index is 13.4. The van der Waals surface area contributed by atoms with Gasteiger partial charge < -0.3 is 15.4 Å². The predicted octanol–water partition coefficient (Wildman–Crippen LogP) is 4.45. The van der Waals surface area contributed by atoms with Gasteiger partial charge >= 0.3 is 0 Å². The zero-order chi connectivity index (χ0) is 21.5. The molecule has 2 aromatic carbocycles. The van der Waals surface area contributed by atoms with Gasteiger partial charge in [-0.25, -0.2) is 4.39 Å². The van der Waals surface area contributed by atoms with Crippen molar-refractivity contribution in [1.29, 1.82) is 0 Å². The lowest BCUT2D eigenvalue weighted by molar-refractivity contribution is -0.123. The van der Waals surface area contributed by atoms with Crippen LogP contribution in [0, 0.1) is 11.7 Å². The SMILES string of the molecule is COc1ccc([C@H](CC(=O)N[C@H](c2ccc(F)cc2)C2CCCC2)NC(C)=O)cc1. The van der Waals surface area contributed by atoms with Crippen LogP contribution >= 0.6 is 0 Å². The van der Waals surface area contributed by atoms with Gasteiger partial charge in [0, 0.05) is 6.92 Å². The van der Waals surface area contributed by atoms with E-state index in [4.69, 9.17) is 4.74 Å². The van der Waals surface area contributed by atoms with Gasteiger partial charge in [-0.15, -0.1) is 0 Å². The molecule has 0 bridgehead atoms. The van der Waals surface area contributed by atoms with Gasteiger partial charge in [-0.1, -0.05) is 37.1 Å². The Morgan fingerprint density at radius 2 is 1.60 bits per heavy atom. The largest absolute Gasteiger partial charge is 0.497 e. The van der Waals surface area contributed by atoms with Crippen LogP contribution in [0.4, 0.5) is 4.39 Å².